The second-order valence-electron chi connectivity index (χ2n) is 5.39. The SMILES string of the molecule is CCc1nc2ccc(C(=O)N3CC(n4ccnn4)C3)cc2s1. The predicted octanol–water partition coefficient (Wildman–Crippen LogP) is 2.15. The lowest BCUT2D eigenvalue weighted by Gasteiger charge is -2.38. The van der Waals surface area contributed by atoms with Crippen LogP contribution in [0.5, 0.6) is 0 Å². The van der Waals surface area contributed by atoms with Gasteiger partial charge in [0.15, 0.2) is 0 Å². The molecule has 0 saturated carbocycles. The molecule has 4 rings (SSSR count). The maximum atomic E-state index is 12.5. The minimum Gasteiger partial charge on any atom is -0.334 e. The van der Waals surface area contributed by atoms with Crippen molar-refractivity contribution in [3.8, 4) is 0 Å². The molecule has 1 aromatic carbocycles. The van der Waals surface area contributed by atoms with Crippen molar-refractivity contribution < 1.29 is 4.79 Å². The van der Waals surface area contributed by atoms with Gasteiger partial charge in [-0.15, -0.1) is 16.4 Å². The van der Waals surface area contributed by atoms with Crippen molar-refractivity contribution in [3.05, 3.63) is 41.2 Å². The zero-order valence-electron chi connectivity index (χ0n) is 12.1. The standard InChI is InChI=1S/C15H15N5OS/c1-2-14-17-12-4-3-10(7-13(12)22-14)15(21)19-8-11(9-19)20-6-5-16-18-20/h3-7,11H,2,8-9H2,1H3. The maximum absolute atomic E-state index is 12.5. The first-order valence-corrected chi connectivity index (χ1v) is 8.11. The summed E-state index contributed by atoms with van der Waals surface area (Å²) in [5, 5.41) is 8.89. The number of carbonyl (C=O) groups is 1. The van der Waals surface area contributed by atoms with Gasteiger partial charge in [0.1, 0.15) is 0 Å². The van der Waals surface area contributed by atoms with Gasteiger partial charge in [0, 0.05) is 24.8 Å². The molecular formula is C15H15N5OS. The molecule has 6 nitrogen and oxygen atoms in total. The fraction of sp³-hybridized carbons (Fsp3) is 0.333. The molecule has 1 amide bonds. The van der Waals surface area contributed by atoms with E-state index in [1.165, 1.54) is 0 Å². The van der Waals surface area contributed by atoms with Crippen LogP contribution < -0.4 is 0 Å². The van der Waals surface area contributed by atoms with E-state index in [-0.39, 0.29) is 11.9 Å². The predicted molar refractivity (Wildman–Crippen MR) is 84.0 cm³/mol. The summed E-state index contributed by atoms with van der Waals surface area (Å²) in [7, 11) is 0. The summed E-state index contributed by atoms with van der Waals surface area (Å²) in [4.78, 5) is 18.9. The third kappa shape index (κ3) is 2.18. The van der Waals surface area contributed by atoms with Crippen molar-refractivity contribution in [2.24, 2.45) is 0 Å². The van der Waals surface area contributed by atoms with Crippen LogP contribution in [0.25, 0.3) is 10.2 Å². The minimum absolute atomic E-state index is 0.0738. The van der Waals surface area contributed by atoms with E-state index in [1.807, 2.05) is 34.0 Å². The first-order chi connectivity index (χ1) is 10.7. The number of thiazole rings is 1. The number of aromatic nitrogens is 4. The maximum Gasteiger partial charge on any atom is 0.254 e. The quantitative estimate of drug-likeness (QED) is 0.743. The number of likely N-dealkylation sites (tertiary alicyclic amines) is 1. The number of hydrogen-bond acceptors (Lipinski definition) is 5. The van der Waals surface area contributed by atoms with E-state index >= 15 is 0 Å². The number of hydrogen-bond donors (Lipinski definition) is 0. The summed E-state index contributed by atoms with van der Waals surface area (Å²) in [6.45, 7) is 3.46. The average molecular weight is 313 g/mol. The molecule has 0 N–H and O–H groups in total. The highest BCUT2D eigenvalue weighted by molar-refractivity contribution is 7.18. The fourth-order valence-electron chi connectivity index (χ4n) is 2.64. The number of benzene rings is 1. The number of rotatable bonds is 3. The Morgan fingerprint density at radius 1 is 1.41 bits per heavy atom. The van der Waals surface area contributed by atoms with Gasteiger partial charge in [-0.1, -0.05) is 12.1 Å². The smallest absolute Gasteiger partial charge is 0.254 e. The van der Waals surface area contributed by atoms with E-state index in [0.29, 0.717) is 13.1 Å². The van der Waals surface area contributed by atoms with Crippen molar-refractivity contribution in [3.63, 3.8) is 0 Å². The highest BCUT2D eigenvalue weighted by Crippen LogP contribution is 2.26. The molecule has 0 atom stereocenters. The van der Waals surface area contributed by atoms with Gasteiger partial charge in [0.2, 0.25) is 0 Å². The molecule has 1 aliphatic rings. The number of aryl methyl sites for hydroxylation is 1. The molecule has 1 aliphatic heterocycles. The molecule has 0 spiro atoms. The van der Waals surface area contributed by atoms with Crippen LogP contribution >= 0.6 is 11.3 Å². The van der Waals surface area contributed by atoms with Crippen LogP contribution in [-0.2, 0) is 6.42 Å². The van der Waals surface area contributed by atoms with Crippen LogP contribution in [0.15, 0.2) is 30.6 Å². The summed E-state index contributed by atoms with van der Waals surface area (Å²) in [6.07, 6.45) is 4.42. The molecule has 0 radical (unpaired) electrons. The Hall–Kier alpha value is -2.28. The van der Waals surface area contributed by atoms with E-state index in [1.54, 1.807) is 17.5 Å². The van der Waals surface area contributed by atoms with E-state index in [2.05, 4.69) is 22.2 Å². The van der Waals surface area contributed by atoms with Gasteiger partial charge in [-0.2, -0.15) is 0 Å². The van der Waals surface area contributed by atoms with Gasteiger partial charge in [0.25, 0.3) is 5.91 Å². The molecule has 3 aromatic rings. The topological polar surface area (TPSA) is 63.9 Å². The Bertz CT molecular complexity index is 820. The van der Waals surface area contributed by atoms with Gasteiger partial charge in [-0.05, 0) is 24.6 Å². The van der Waals surface area contributed by atoms with Crippen LogP contribution in [0.1, 0.15) is 28.3 Å². The molecular weight excluding hydrogens is 298 g/mol. The Labute approximate surface area is 131 Å². The third-order valence-corrected chi connectivity index (χ3v) is 5.11. The third-order valence-electron chi connectivity index (χ3n) is 3.95. The summed E-state index contributed by atoms with van der Waals surface area (Å²) >= 11 is 1.66. The molecule has 0 aliphatic carbocycles. The van der Waals surface area contributed by atoms with Crippen molar-refractivity contribution >= 4 is 27.5 Å². The van der Waals surface area contributed by atoms with Crippen LogP contribution in [-0.4, -0.2) is 43.9 Å². The van der Waals surface area contributed by atoms with Crippen LogP contribution in [0.4, 0.5) is 0 Å². The first-order valence-electron chi connectivity index (χ1n) is 7.29. The monoisotopic (exact) mass is 313 g/mol. The van der Waals surface area contributed by atoms with E-state index in [9.17, 15) is 4.79 Å². The Kier molecular flexibility index (Phi) is 3.15. The second kappa shape index (κ2) is 5.17. The molecule has 0 unspecified atom stereocenters. The summed E-state index contributed by atoms with van der Waals surface area (Å²) in [6, 6.07) is 6.00. The molecule has 3 heterocycles. The van der Waals surface area contributed by atoms with Crippen molar-refractivity contribution in [1.82, 2.24) is 24.9 Å². The number of nitrogens with zero attached hydrogens (tertiary/aromatic N) is 5. The Morgan fingerprint density at radius 2 is 2.27 bits per heavy atom. The highest BCUT2D eigenvalue weighted by atomic mass is 32.1. The van der Waals surface area contributed by atoms with E-state index < -0.39 is 0 Å². The second-order valence-corrected chi connectivity index (χ2v) is 6.51. The fourth-order valence-corrected chi connectivity index (χ4v) is 3.59. The number of amides is 1. The lowest BCUT2D eigenvalue weighted by Crippen LogP contribution is -2.50. The van der Waals surface area contributed by atoms with Crippen molar-refractivity contribution in [2.45, 2.75) is 19.4 Å². The minimum atomic E-state index is 0.0738. The Morgan fingerprint density at radius 3 is 3.00 bits per heavy atom. The molecule has 22 heavy (non-hydrogen) atoms. The highest BCUT2D eigenvalue weighted by Gasteiger charge is 2.33. The molecule has 1 fully saturated rings. The Balaban J connectivity index is 1.51. The van der Waals surface area contributed by atoms with Gasteiger partial charge in [0.05, 0.1) is 27.5 Å². The summed E-state index contributed by atoms with van der Waals surface area (Å²) in [5.74, 6) is 0.0738. The van der Waals surface area contributed by atoms with E-state index in [0.717, 1.165) is 27.2 Å². The lowest BCUT2D eigenvalue weighted by atomic mass is 10.1. The first kappa shape index (κ1) is 13.4. The van der Waals surface area contributed by atoms with Gasteiger partial charge < -0.3 is 4.90 Å². The summed E-state index contributed by atoms with van der Waals surface area (Å²) in [5.41, 5.74) is 1.71. The summed E-state index contributed by atoms with van der Waals surface area (Å²) < 4.78 is 2.89. The van der Waals surface area contributed by atoms with Crippen LogP contribution in [0.2, 0.25) is 0 Å². The van der Waals surface area contributed by atoms with Gasteiger partial charge >= 0.3 is 0 Å². The average Bonchev–Trinajstić information content (AvgIpc) is 3.13. The van der Waals surface area contributed by atoms with Gasteiger partial charge in [-0.25, -0.2) is 9.67 Å². The molecule has 2 aromatic heterocycles. The molecule has 7 heteroatoms. The zero-order valence-corrected chi connectivity index (χ0v) is 13.0. The van der Waals surface area contributed by atoms with E-state index in [4.69, 9.17) is 0 Å². The molecule has 0 bridgehead atoms. The normalized spacial score (nSPS) is 15.2. The molecule has 112 valence electrons. The molecule has 1 saturated heterocycles. The van der Waals surface area contributed by atoms with Crippen molar-refractivity contribution in [1.29, 1.82) is 0 Å². The lowest BCUT2D eigenvalue weighted by molar-refractivity contribution is 0.0498. The number of carbonyl (C=O) groups excluding carboxylic acids is 1. The van der Waals surface area contributed by atoms with Crippen LogP contribution in [0, 0.1) is 0 Å². The zero-order chi connectivity index (χ0) is 15.1. The van der Waals surface area contributed by atoms with Crippen LogP contribution in [0.3, 0.4) is 0 Å². The van der Waals surface area contributed by atoms with Crippen molar-refractivity contribution in [2.75, 3.05) is 13.1 Å². The van der Waals surface area contributed by atoms with Gasteiger partial charge in [-0.3, -0.25) is 4.79 Å². The number of fused-ring (bicyclic) bond motifs is 1. The largest absolute Gasteiger partial charge is 0.334 e.